The Morgan fingerprint density at radius 3 is 1.78 bits per heavy atom. The zero-order valence-electron chi connectivity index (χ0n) is 14.0. The van der Waals surface area contributed by atoms with Crippen LogP contribution in [0.1, 0.15) is 51.9 Å². The molecule has 0 radical (unpaired) electrons. The summed E-state index contributed by atoms with van der Waals surface area (Å²) in [5.41, 5.74) is 1.37. The summed E-state index contributed by atoms with van der Waals surface area (Å²) in [6.45, 7) is 2.23. The fourth-order valence-corrected chi connectivity index (χ4v) is 5.29. The first-order valence-corrected chi connectivity index (χ1v) is 10.6. The first kappa shape index (κ1) is 17.9. The van der Waals surface area contributed by atoms with E-state index in [1.807, 2.05) is 36.4 Å². The van der Waals surface area contributed by atoms with Crippen molar-refractivity contribution >= 4 is 18.0 Å². The van der Waals surface area contributed by atoms with Crippen LogP contribution in [0, 0.1) is 0 Å². The van der Waals surface area contributed by atoms with Gasteiger partial charge in [-0.15, -0.1) is 0 Å². The summed E-state index contributed by atoms with van der Waals surface area (Å²) in [5.74, 6) is 0. The molecule has 2 aromatic rings. The number of hydrogen-bond donors (Lipinski definition) is 0. The third kappa shape index (κ3) is 5.28. The van der Waals surface area contributed by atoms with E-state index in [-0.39, 0.29) is 0 Å². The molecule has 2 heterocycles. The molecule has 0 aliphatic rings. The molecule has 0 aliphatic heterocycles. The molecular formula is C19H27N2OP. The van der Waals surface area contributed by atoms with Gasteiger partial charge < -0.3 is 4.57 Å². The van der Waals surface area contributed by atoms with Gasteiger partial charge in [-0.1, -0.05) is 57.6 Å². The molecule has 0 N–H and O–H groups in total. The molecule has 0 unspecified atom stereocenters. The highest BCUT2D eigenvalue weighted by atomic mass is 31.2. The predicted molar refractivity (Wildman–Crippen MR) is 98.2 cm³/mol. The second-order valence-electron chi connectivity index (χ2n) is 5.96. The van der Waals surface area contributed by atoms with E-state index in [1.54, 1.807) is 12.4 Å². The third-order valence-corrected chi connectivity index (χ3v) is 7.07. The number of pyridine rings is 2. The van der Waals surface area contributed by atoms with Crippen molar-refractivity contribution in [1.29, 1.82) is 0 Å². The zero-order valence-corrected chi connectivity index (χ0v) is 14.9. The normalized spacial score (nSPS) is 11.5. The largest absolute Gasteiger partial charge is 0.310 e. The Kier molecular flexibility index (Phi) is 7.48. The van der Waals surface area contributed by atoms with Gasteiger partial charge in [-0.2, -0.15) is 0 Å². The topological polar surface area (TPSA) is 42.9 Å². The molecule has 2 aromatic heterocycles. The van der Waals surface area contributed by atoms with E-state index in [2.05, 4.69) is 16.9 Å². The van der Waals surface area contributed by atoms with Crippen LogP contribution >= 0.6 is 7.14 Å². The first-order valence-electron chi connectivity index (χ1n) is 8.69. The van der Waals surface area contributed by atoms with Crippen molar-refractivity contribution in [2.45, 2.75) is 51.9 Å². The SMILES string of the molecule is CCCCCCCCCP(=O)(c1ccccn1)c1ccccn1. The maximum absolute atomic E-state index is 13.6. The van der Waals surface area contributed by atoms with Gasteiger partial charge in [0.15, 0.2) is 7.14 Å². The number of nitrogens with zero attached hydrogens (tertiary/aromatic N) is 2. The summed E-state index contributed by atoms with van der Waals surface area (Å²) in [4.78, 5) is 8.73. The summed E-state index contributed by atoms with van der Waals surface area (Å²) in [6.07, 6.45) is 12.6. The maximum Gasteiger partial charge on any atom is 0.178 e. The Labute approximate surface area is 140 Å². The highest BCUT2D eigenvalue weighted by Crippen LogP contribution is 2.42. The van der Waals surface area contributed by atoms with Crippen molar-refractivity contribution in [3.63, 3.8) is 0 Å². The smallest absolute Gasteiger partial charge is 0.178 e. The Hall–Kier alpha value is -1.47. The maximum atomic E-state index is 13.6. The summed E-state index contributed by atoms with van der Waals surface area (Å²) < 4.78 is 13.6. The number of unbranched alkanes of at least 4 members (excludes halogenated alkanes) is 6. The van der Waals surface area contributed by atoms with Crippen molar-refractivity contribution in [1.82, 2.24) is 9.97 Å². The molecule has 0 bridgehead atoms. The molecule has 2 rings (SSSR count). The van der Waals surface area contributed by atoms with Crippen molar-refractivity contribution in [2.75, 3.05) is 6.16 Å². The Morgan fingerprint density at radius 2 is 1.30 bits per heavy atom. The quantitative estimate of drug-likeness (QED) is 0.474. The van der Waals surface area contributed by atoms with Gasteiger partial charge in [0, 0.05) is 18.6 Å². The van der Waals surface area contributed by atoms with Crippen LogP contribution in [0.15, 0.2) is 48.8 Å². The minimum absolute atomic E-state index is 0.662. The van der Waals surface area contributed by atoms with Gasteiger partial charge in [-0.05, 0) is 30.7 Å². The molecule has 23 heavy (non-hydrogen) atoms. The molecule has 124 valence electrons. The van der Waals surface area contributed by atoms with Crippen LogP contribution in [-0.4, -0.2) is 16.1 Å². The average Bonchev–Trinajstić information content (AvgIpc) is 2.62. The molecular weight excluding hydrogens is 303 g/mol. The average molecular weight is 330 g/mol. The molecule has 0 aliphatic carbocycles. The van der Waals surface area contributed by atoms with Crippen LogP contribution in [0.5, 0.6) is 0 Å². The standard InChI is InChI=1S/C19H27N2OP/c1-2-3-4-5-6-7-12-17-23(22,18-13-8-10-15-20-18)19-14-9-11-16-21-19/h8-11,13-16H,2-7,12,17H2,1H3. The molecule has 0 atom stereocenters. The fourth-order valence-electron chi connectivity index (χ4n) is 2.77. The third-order valence-electron chi connectivity index (χ3n) is 4.12. The molecule has 4 heteroatoms. The lowest BCUT2D eigenvalue weighted by Gasteiger charge is -2.17. The Morgan fingerprint density at radius 1 is 0.783 bits per heavy atom. The fraction of sp³-hybridized carbons (Fsp3) is 0.474. The van der Waals surface area contributed by atoms with E-state index in [4.69, 9.17) is 0 Å². The van der Waals surface area contributed by atoms with Gasteiger partial charge in [-0.3, -0.25) is 9.97 Å². The second kappa shape index (κ2) is 9.62. The van der Waals surface area contributed by atoms with Crippen LogP contribution in [0.4, 0.5) is 0 Å². The van der Waals surface area contributed by atoms with Crippen molar-refractivity contribution in [2.24, 2.45) is 0 Å². The summed E-state index contributed by atoms with van der Waals surface area (Å²) in [5, 5.41) is 0. The van der Waals surface area contributed by atoms with E-state index in [0.29, 0.717) is 17.0 Å². The van der Waals surface area contributed by atoms with Crippen LogP contribution in [-0.2, 0) is 4.57 Å². The number of hydrogen-bond acceptors (Lipinski definition) is 3. The Balaban J connectivity index is 2.00. The van der Waals surface area contributed by atoms with E-state index in [0.717, 1.165) is 12.8 Å². The van der Waals surface area contributed by atoms with Crippen LogP contribution in [0.3, 0.4) is 0 Å². The van der Waals surface area contributed by atoms with Gasteiger partial charge in [0.25, 0.3) is 0 Å². The van der Waals surface area contributed by atoms with Crippen LogP contribution in [0.2, 0.25) is 0 Å². The monoisotopic (exact) mass is 330 g/mol. The van der Waals surface area contributed by atoms with Gasteiger partial charge in [0.2, 0.25) is 0 Å². The molecule has 0 amide bonds. The second-order valence-corrected chi connectivity index (χ2v) is 8.80. The molecule has 3 nitrogen and oxygen atoms in total. The molecule has 0 saturated heterocycles. The van der Waals surface area contributed by atoms with Crippen molar-refractivity contribution < 1.29 is 4.57 Å². The van der Waals surface area contributed by atoms with E-state index in [1.165, 1.54) is 32.1 Å². The highest BCUT2D eigenvalue weighted by molar-refractivity contribution is 7.78. The van der Waals surface area contributed by atoms with E-state index in [9.17, 15) is 4.57 Å². The van der Waals surface area contributed by atoms with Gasteiger partial charge >= 0.3 is 0 Å². The van der Waals surface area contributed by atoms with Gasteiger partial charge in [-0.25, -0.2) is 0 Å². The van der Waals surface area contributed by atoms with E-state index >= 15 is 0 Å². The number of rotatable bonds is 10. The summed E-state index contributed by atoms with van der Waals surface area (Å²) in [7, 11) is -2.71. The van der Waals surface area contributed by atoms with Crippen LogP contribution in [0.25, 0.3) is 0 Å². The lowest BCUT2D eigenvalue weighted by atomic mass is 10.1. The van der Waals surface area contributed by atoms with Crippen LogP contribution < -0.4 is 10.9 Å². The lowest BCUT2D eigenvalue weighted by molar-refractivity contribution is 0.576. The lowest BCUT2D eigenvalue weighted by Crippen LogP contribution is -2.23. The number of aromatic nitrogens is 2. The van der Waals surface area contributed by atoms with Gasteiger partial charge in [0.05, 0.1) is 0 Å². The zero-order chi connectivity index (χ0) is 16.4. The summed E-state index contributed by atoms with van der Waals surface area (Å²) in [6, 6.07) is 11.3. The highest BCUT2D eigenvalue weighted by Gasteiger charge is 2.29. The van der Waals surface area contributed by atoms with E-state index < -0.39 is 7.14 Å². The van der Waals surface area contributed by atoms with Crippen molar-refractivity contribution in [3.8, 4) is 0 Å². The summed E-state index contributed by atoms with van der Waals surface area (Å²) >= 11 is 0. The first-order chi connectivity index (χ1) is 11.3. The van der Waals surface area contributed by atoms with Crippen molar-refractivity contribution in [3.05, 3.63) is 48.8 Å². The molecule has 0 saturated carbocycles. The molecule has 0 fully saturated rings. The predicted octanol–water partition coefficient (Wildman–Crippen LogP) is 4.54. The van der Waals surface area contributed by atoms with Gasteiger partial charge in [0.1, 0.15) is 10.9 Å². The minimum atomic E-state index is -2.71. The molecule has 0 spiro atoms. The molecule has 0 aromatic carbocycles. The minimum Gasteiger partial charge on any atom is -0.310 e. The Bertz CT molecular complexity index is 558.